The fourth-order valence-corrected chi connectivity index (χ4v) is 1.99. The lowest BCUT2D eigenvalue weighted by molar-refractivity contribution is -0.173. The summed E-state index contributed by atoms with van der Waals surface area (Å²) in [5.74, 6) is -4.92. The summed E-state index contributed by atoms with van der Waals surface area (Å²) in [6.45, 7) is 1.89. The van der Waals surface area contributed by atoms with Crippen molar-refractivity contribution >= 4 is 17.9 Å². The Labute approximate surface area is 127 Å². The van der Waals surface area contributed by atoms with Crippen LogP contribution in [0.5, 0.6) is 5.75 Å². The second-order valence-electron chi connectivity index (χ2n) is 4.80. The Bertz CT molecular complexity index is 551. The van der Waals surface area contributed by atoms with E-state index in [0.29, 0.717) is 12.8 Å². The Balaban J connectivity index is 3.20. The summed E-state index contributed by atoms with van der Waals surface area (Å²) in [5.41, 5.74) is -2.79. The van der Waals surface area contributed by atoms with Gasteiger partial charge < -0.3 is 20.1 Å². The Morgan fingerprint density at radius 3 is 2.14 bits per heavy atom. The summed E-state index contributed by atoms with van der Waals surface area (Å²) in [6.07, 6.45) is 1.51. The lowest BCUT2D eigenvalue weighted by atomic mass is 9.95. The highest BCUT2D eigenvalue weighted by atomic mass is 16.6. The van der Waals surface area contributed by atoms with Crippen LogP contribution in [0.15, 0.2) is 24.3 Å². The molecule has 1 rings (SSSR count). The molecule has 0 spiro atoms. The average molecular weight is 310 g/mol. The molecule has 0 radical (unpaired) electrons. The fraction of sp³-hybridized carbons (Fsp3) is 0.400. The third kappa shape index (κ3) is 3.75. The van der Waals surface area contributed by atoms with Gasteiger partial charge in [0, 0.05) is 6.42 Å². The van der Waals surface area contributed by atoms with Gasteiger partial charge in [0.05, 0.1) is 0 Å². The van der Waals surface area contributed by atoms with E-state index >= 15 is 0 Å². The molecule has 0 fully saturated rings. The minimum atomic E-state index is -2.50. The van der Waals surface area contributed by atoms with Crippen molar-refractivity contribution in [1.29, 1.82) is 0 Å². The van der Waals surface area contributed by atoms with Crippen molar-refractivity contribution in [3.8, 4) is 5.75 Å². The van der Waals surface area contributed by atoms with Crippen molar-refractivity contribution in [3.05, 3.63) is 29.8 Å². The SMILES string of the molecule is CCCCCC(Oc1ccccc1C(=O)O)(C(=O)O)C(=O)O. The standard InChI is InChI=1S/C15H18O7/c1-2-3-6-9-15(13(18)19,14(20)21)22-11-8-5-4-7-10(11)12(16)17/h4-5,7-8H,2-3,6,9H2,1H3,(H,16,17)(H,18,19)(H,20,21). The molecule has 0 aromatic heterocycles. The van der Waals surface area contributed by atoms with Crippen molar-refractivity contribution in [2.45, 2.75) is 38.2 Å². The van der Waals surface area contributed by atoms with E-state index in [4.69, 9.17) is 9.84 Å². The maximum atomic E-state index is 11.5. The fourth-order valence-electron chi connectivity index (χ4n) is 1.99. The smallest absolute Gasteiger partial charge is 0.360 e. The van der Waals surface area contributed by atoms with Gasteiger partial charge in [-0.25, -0.2) is 14.4 Å². The molecule has 0 aliphatic carbocycles. The van der Waals surface area contributed by atoms with Crippen LogP contribution in [0.25, 0.3) is 0 Å². The molecule has 7 nitrogen and oxygen atoms in total. The van der Waals surface area contributed by atoms with Gasteiger partial charge >= 0.3 is 23.5 Å². The van der Waals surface area contributed by atoms with Crippen LogP contribution in [0.3, 0.4) is 0 Å². The first-order valence-corrected chi connectivity index (χ1v) is 6.83. The van der Waals surface area contributed by atoms with E-state index in [1.807, 2.05) is 6.92 Å². The van der Waals surface area contributed by atoms with Crippen LogP contribution >= 0.6 is 0 Å². The van der Waals surface area contributed by atoms with Crippen LogP contribution in [0.1, 0.15) is 43.0 Å². The first kappa shape index (κ1) is 17.5. The van der Waals surface area contributed by atoms with Gasteiger partial charge in [-0.15, -0.1) is 0 Å². The molecule has 7 heteroatoms. The van der Waals surface area contributed by atoms with Gasteiger partial charge in [0.1, 0.15) is 11.3 Å². The van der Waals surface area contributed by atoms with E-state index in [-0.39, 0.29) is 17.7 Å². The molecule has 0 bridgehead atoms. The van der Waals surface area contributed by atoms with Crippen molar-refractivity contribution in [2.75, 3.05) is 0 Å². The summed E-state index contributed by atoms with van der Waals surface area (Å²) >= 11 is 0. The molecule has 0 unspecified atom stereocenters. The van der Waals surface area contributed by atoms with E-state index < -0.39 is 23.5 Å². The van der Waals surface area contributed by atoms with Crippen LogP contribution < -0.4 is 4.74 Å². The van der Waals surface area contributed by atoms with Gasteiger partial charge in [-0.05, 0) is 18.6 Å². The Morgan fingerprint density at radius 2 is 1.64 bits per heavy atom. The van der Waals surface area contributed by atoms with Crippen molar-refractivity contribution in [3.63, 3.8) is 0 Å². The second-order valence-corrected chi connectivity index (χ2v) is 4.80. The number of carbonyl (C=O) groups is 3. The Hall–Kier alpha value is -2.57. The second kappa shape index (κ2) is 7.44. The number of carboxylic acids is 3. The number of aliphatic carboxylic acids is 2. The molecule has 22 heavy (non-hydrogen) atoms. The third-order valence-corrected chi connectivity index (χ3v) is 3.22. The summed E-state index contributed by atoms with van der Waals surface area (Å²) < 4.78 is 5.18. The summed E-state index contributed by atoms with van der Waals surface area (Å²) in [6, 6.07) is 5.35. The highest BCUT2D eigenvalue weighted by Gasteiger charge is 2.49. The molecule has 0 atom stereocenters. The molecule has 0 heterocycles. The summed E-state index contributed by atoms with van der Waals surface area (Å²) in [5, 5.41) is 27.7. The van der Waals surface area contributed by atoms with E-state index in [2.05, 4.69) is 0 Å². The predicted molar refractivity (Wildman–Crippen MR) is 76.2 cm³/mol. The first-order chi connectivity index (χ1) is 10.3. The van der Waals surface area contributed by atoms with Gasteiger partial charge in [-0.2, -0.15) is 0 Å². The minimum Gasteiger partial charge on any atom is -0.478 e. The highest BCUT2D eigenvalue weighted by Crippen LogP contribution is 2.28. The van der Waals surface area contributed by atoms with Crippen LogP contribution in [0.2, 0.25) is 0 Å². The predicted octanol–water partition coefficient (Wildman–Crippen LogP) is 2.25. The van der Waals surface area contributed by atoms with Crippen LogP contribution in [-0.2, 0) is 9.59 Å². The molecule has 1 aromatic carbocycles. The molecule has 1 aromatic rings. The third-order valence-electron chi connectivity index (χ3n) is 3.22. The largest absolute Gasteiger partial charge is 0.478 e. The van der Waals surface area contributed by atoms with Crippen molar-refractivity contribution < 1.29 is 34.4 Å². The van der Waals surface area contributed by atoms with Gasteiger partial charge in [-0.1, -0.05) is 31.9 Å². The molecular formula is C15H18O7. The van der Waals surface area contributed by atoms with Crippen LogP contribution in [-0.4, -0.2) is 38.8 Å². The Morgan fingerprint density at radius 1 is 1.05 bits per heavy atom. The topological polar surface area (TPSA) is 121 Å². The lowest BCUT2D eigenvalue weighted by Gasteiger charge is -2.26. The zero-order valence-electron chi connectivity index (χ0n) is 12.1. The molecule has 0 amide bonds. The quantitative estimate of drug-likeness (QED) is 0.472. The number of rotatable bonds is 9. The normalized spacial score (nSPS) is 11.0. The summed E-state index contributed by atoms with van der Waals surface area (Å²) in [7, 11) is 0. The van der Waals surface area contributed by atoms with Gasteiger partial charge in [0.15, 0.2) is 0 Å². The highest BCUT2D eigenvalue weighted by molar-refractivity contribution is 6.02. The number of hydrogen-bond donors (Lipinski definition) is 3. The zero-order chi connectivity index (χ0) is 16.8. The number of carboxylic acid groups (broad SMARTS) is 3. The molecular weight excluding hydrogens is 292 g/mol. The first-order valence-electron chi connectivity index (χ1n) is 6.83. The number of hydrogen-bond acceptors (Lipinski definition) is 4. The zero-order valence-corrected chi connectivity index (χ0v) is 12.1. The number of unbranched alkanes of at least 4 members (excludes halogenated alkanes) is 2. The number of aromatic carboxylic acids is 1. The van der Waals surface area contributed by atoms with Crippen molar-refractivity contribution in [1.82, 2.24) is 0 Å². The molecule has 3 N–H and O–H groups in total. The number of ether oxygens (including phenoxy) is 1. The minimum absolute atomic E-state index is 0.251. The maximum Gasteiger partial charge on any atom is 0.360 e. The number of benzene rings is 1. The van der Waals surface area contributed by atoms with Crippen molar-refractivity contribution in [2.24, 2.45) is 0 Å². The van der Waals surface area contributed by atoms with Crippen LogP contribution in [0, 0.1) is 0 Å². The molecule has 0 aliphatic heterocycles. The van der Waals surface area contributed by atoms with Gasteiger partial charge in [0.25, 0.3) is 0 Å². The van der Waals surface area contributed by atoms with Gasteiger partial charge in [0.2, 0.25) is 0 Å². The Kier molecular flexibility index (Phi) is 5.91. The molecule has 0 aliphatic rings. The average Bonchev–Trinajstić information content (AvgIpc) is 2.46. The van der Waals surface area contributed by atoms with Crippen LogP contribution in [0.4, 0.5) is 0 Å². The van der Waals surface area contributed by atoms with E-state index in [0.717, 1.165) is 6.42 Å². The molecule has 120 valence electrons. The molecule has 0 saturated carbocycles. The molecule has 0 saturated heterocycles. The van der Waals surface area contributed by atoms with E-state index in [1.54, 1.807) is 0 Å². The monoisotopic (exact) mass is 310 g/mol. The lowest BCUT2D eigenvalue weighted by Crippen LogP contribution is -2.52. The maximum absolute atomic E-state index is 11.5. The van der Waals surface area contributed by atoms with E-state index in [9.17, 15) is 24.6 Å². The van der Waals surface area contributed by atoms with Gasteiger partial charge in [-0.3, -0.25) is 0 Å². The van der Waals surface area contributed by atoms with E-state index in [1.165, 1.54) is 24.3 Å². The summed E-state index contributed by atoms with van der Waals surface area (Å²) in [4.78, 5) is 34.1. The number of para-hydroxylation sites is 1.